The van der Waals surface area contributed by atoms with Crippen LogP contribution in [-0.4, -0.2) is 5.97 Å². The minimum Gasteiger partial charge on any atom is -0.456 e. The Morgan fingerprint density at radius 2 is 1.90 bits per heavy atom. The highest BCUT2D eigenvalue weighted by Crippen LogP contribution is 2.32. The summed E-state index contributed by atoms with van der Waals surface area (Å²) in [6.07, 6.45) is 5.80. The molecule has 1 aliphatic rings. The molecule has 0 aliphatic heterocycles. The Morgan fingerprint density at radius 1 is 1.10 bits per heavy atom. The molecule has 3 heteroatoms. The molecule has 0 radical (unpaired) electrons. The lowest BCUT2D eigenvalue weighted by Crippen LogP contribution is -2.03. The van der Waals surface area contributed by atoms with Crippen LogP contribution in [0.4, 0.5) is 0 Å². The fourth-order valence-corrected chi connectivity index (χ4v) is 2.42. The van der Waals surface area contributed by atoms with Gasteiger partial charge in [0.25, 0.3) is 0 Å². The maximum Gasteiger partial charge on any atom is 0.335 e. The molecule has 21 heavy (non-hydrogen) atoms. The summed E-state index contributed by atoms with van der Waals surface area (Å²) in [5.41, 5.74) is 1.63. The molecule has 0 unspecified atom stereocenters. The largest absolute Gasteiger partial charge is 0.456 e. The van der Waals surface area contributed by atoms with Crippen molar-refractivity contribution in [2.75, 3.05) is 0 Å². The number of carbonyl (C=O) groups is 1. The lowest BCUT2D eigenvalue weighted by Gasteiger charge is -2.00. The van der Waals surface area contributed by atoms with E-state index in [1.54, 1.807) is 6.07 Å². The van der Waals surface area contributed by atoms with E-state index in [-0.39, 0.29) is 5.97 Å². The van der Waals surface area contributed by atoms with Gasteiger partial charge in [0.1, 0.15) is 16.9 Å². The molecule has 0 amide bonds. The van der Waals surface area contributed by atoms with E-state index in [0.717, 1.165) is 21.9 Å². The molecule has 1 aliphatic carbocycles. The van der Waals surface area contributed by atoms with Crippen LogP contribution in [0.5, 0.6) is 5.75 Å². The first-order valence-corrected chi connectivity index (χ1v) is 7.11. The SMILES string of the molecule is O=C(/C=C/C1CC1)Oc1ccc2oc3ccccc3c2c1. The average Bonchev–Trinajstić information content (AvgIpc) is 3.25. The third kappa shape index (κ3) is 2.42. The van der Waals surface area contributed by atoms with E-state index < -0.39 is 0 Å². The minimum atomic E-state index is -0.325. The number of hydrogen-bond acceptors (Lipinski definition) is 3. The van der Waals surface area contributed by atoms with Gasteiger partial charge < -0.3 is 9.15 Å². The predicted molar refractivity (Wildman–Crippen MR) is 81.2 cm³/mol. The van der Waals surface area contributed by atoms with Crippen LogP contribution in [0.2, 0.25) is 0 Å². The van der Waals surface area contributed by atoms with Crippen LogP contribution in [0.15, 0.2) is 59.0 Å². The van der Waals surface area contributed by atoms with Crippen molar-refractivity contribution in [3.8, 4) is 5.75 Å². The van der Waals surface area contributed by atoms with E-state index in [2.05, 4.69) is 0 Å². The molecule has 0 atom stereocenters. The lowest BCUT2D eigenvalue weighted by molar-refractivity contribution is -0.129. The first-order valence-electron chi connectivity index (χ1n) is 7.11. The molecule has 1 fully saturated rings. The summed E-state index contributed by atoms with van der Waals surface area (Å²) in [5, 5.41) is 1.99. The third-order valence-electron chi connectivity index (χ3n) is 3.69. The standard InChI is InChI=1S/C18H14O3/c19-18(10-7-12-5-6-12)20-13-8-9-17-15(11-13)14-3-1-2-4-16(14)21-17/h1-4,7-12H,5-6H2/b10-7+. The Balaban J connectivity index is 1.66. The highest BCUT2D eigenvalue weighted by atomic mass is 16.5. The van der Waals surface area contributed by atoms with Crippen LogP contribution in [0.1, 0.15) is 12.8 Å². The van der Waals surface area contributed by atoms with Gasteiger partial charge in [0.2, 0.25) is 0 Å². The molecule has 4 rings (SSSR count). The van der Waals surface area contributed by atoms with Gasteiger partial charge in [0.15, 0.2) is 0 Å². The van der Waals surface area contributed by atoms with E-state index >= 15 is 0 Å². The molecule has 1 heterocycles. The summed E-state index contributed by atoms with van der Waals surface area (Å²) < 4.78 is 11.1. The van der Waals surface area contributed by atoms with Crippen molar-refractivity contribution >= 4 is 27.9 Å². The average molecular weight is 278 g/mol. The maximum absolute atomic E-state index is 11.8. The number of furan rings is 1. The first-order chi connectivity index (χ1) is 10.3. The highest BCUT2D eigenvalue weighted by Gasteiger charge is 2.18. The Kier molecular flexibility index (Phi) is 2.78. The van der Waals surface area contributed by atoms with E-state index in [0.29, 0.717) is 11.7 Å². The Bertz CT molecular complexity index is 853. The zero-order chi connectivity index (χ0) is 14.2. The Morgan fingerprint density at radius 3 is 2.76 bits per heavy atom. The van der Waals surface area contributed by atoms with Crippen molar-refractivity contribution in [2.24, 2.45) is 5.92 Å². The summed E-state index contributed by atoms with van der Waals surface area (Å²) in [6.45, 7) is 0. The second-order valence-electron chi connectivity index (χ2n) is 5.37. The molecule has 0 bridgehead atoms. The number of fused-ring (bicyclic) bond motifs is 3. The molecule has 3 nitrogen and oxygen atoms in total. The van der Waals surface area contributed by atoms with E-state index in [1.165, 1.54) is 18.9 Å². The quantitative estimate of drug-likeness (QED) is 0.403. The number of hydrogen-bond donors (Lipinski definition) is 0. The zero-order valence-electron chi connectivity index (χ0n) is 11.4. The van der Waals surface area contributed by atoms with Gasteiger partial charge in [0.05, 0.1) is 0 Å². The number of allylic oxidation sites excluding steroid dienone is 1. The minimum absolute atomic E-state index is 0.325. The van der Waals surface area contributed by atoms with Crippen molar-refractivity contribution in [3.05, 3.63) is 54.6 Å². The van der Waals surface area contributed by atoms with Gasteiger partial charge in [-0.15, -0.1) is 0 Å². The monoisotopic (exact) mass is 278 g/mol. The second-order valence-corrected chi connectivity index (χ2v) is 5.37. The van der Waals surface area contributed by atoms with Crippen LogP contribution >= 0.6 is 0 Å². The van der Waals surface area contributed by atoms with Crippen molar-refractivity contribution in [2.45, 2.75) is 12.8 Å². The van der Waals surface area contributed by atoms with Gasteiger partial charge in [-0.3, -0.25) is 0 Å². The molecule has 1 aromatic heterocycles. The van der Waals surface area contributed by atoms with Crippen LogP contribution in [0.25, 0.3) is 21.9 Å². The van der Waals surface area contributed by atoms with E-state index in [1.807, 2.05) is 42.5 Å². The van der Waals surface area contributed by atoms with E-state index in [9.17, 15) is 4.79 Å². The first kappa shape index (κ1) is 12.2. The van der Waals surface area contributed by atoms with Gasteiger partial charge >= 0.3 is 5.97 Å². The Labute approximate surface area is 121 Å². The molecular formula is C18H14O3. The number of rotatable bonds is 3. The van der Waals surface area contributed by atoms with Gasteiger partial charge in [-0.25, -0.2) is 4.79 Å². The van der Waals surface area contributed by atoms with Crippen molar-refractivity contribution in [1.29, 1.82) is 0 Å². The topological polar surface area (TPSA) is 39.4 Å². The third-order valence-corrected chi connectivity index (χ3v) is 3.69. The van der Waals surface area contributed by atoms with Crippen molar-refractivity contribution < 1.29 is 13.9 Å². The van der Waals surface area contributed by atoms with Crippen LogP contribution in [0, 0.1) is 5.92 Å². The second kappa shape index (κ2) is 4.77. The predicted octanol–water partition coefficient (Wildman–Crippen LogP) is 4.46. The van der Waals surface area contributed by atoms with E-state index in [4.69, 9.17) is 9.15 Å². The molecule has 2 aromatic carbocycles. The summed E-state index contributed by atoms with van der Waals surface area (Å²) in [4.78, 5) is 11.8. The van der Waals surface area contributed by atoms with Crippen LogP contribution < -0.4 is 4.74 Å². The zero-order valence-corrected chi connectivity index (χ0v) is 11.4. The normalized spacial score (nSPS) is 15.0. The molecular weight excluding hydrogens is 264 g/mol. The molecule has 0 N–H and O–H groups in total. The number of para-hydroxylation sites is 1. The van der Waals surface area contributed by atoms with Crippen molar-refractivity contribution in [1.82, 2.24) is 0 Å². The van der Waals surface area contributed by atoms with Gasteiger partial charge in [-0.2, -0.15) is 0 Å². The summed E-state index contributed by atoms with van der Waals surface area (Å²) >= 11 is 0. The molecule has 104 valence electrons. The fourth-order valence-electron chi connectivity index (χ4n) is 2.42. The fraction of sp³-hybridized carbons (Fsp3) is 0.167. The number of benzene rings is 2. The maximum atomic E-state index is 11.8. The number of ether oxygens (including phenoxy) is 1. The van der Waals surface area contributed by atoms with Crippen LogP contribution in [0.3, 0.4) is 0 Å². The van der Waals surface area contributed by atoms with Gasteiger partial charge in [-0.1, -0.05) is 24.3 Å². The Hall–Kier alpha value is -2.55. The smallest absolute Gasteiger partial charge is 0.335 e. The summed E-state index contributed by atoms with van der Waals surface area (Å²) in [7, 11) is 0. The number of esters is 1. The van der Waals surface area contributed by atoms with Crippen molar-refractivity contribution in [3.63, 3.8) is 0 Å². The summed E-state index contributed by atoms with van der Waals surface area (Å²) in [5.74, 6) is 0.784. The molecule has 1 saturated carbocycles. The van der Waals surface area contributed by atoms with Gasteiger partial charge in [0, 0.05) is 16.8 Å². The molecule has 0 saturated heterocycles. The summed E-state index contributed by atoms with van der Waals surface area (Å²) in [6, 6.07) is 13.3. The molecule has 3 aromatic rings. The van der Waals surface area contributed by atoms with Gasteiger partial charge in [-0.05, 0) is 43.0 Å². The van der Waals surface area contributed by atoms with Crippen LogP contribution in [-0.2, 0) is 4.79 Å². The molecule has 0 spiro atoms. The highest BCUT2D eigenvalue weighted by molar-refractivity contribution is 6.05. The number of carbonyl (C=O) groups excluding carboxylic acids is 1. The lowest BCUT2D eigenvalue weighted by atomic mass is 10.1.